The van der Waals surface area contributed by atoms with Crippen LogP contribution in [0.4, 0.5) is 10.8 Å². The minimum absolute atomic E-state index is 0.129. The Bertz CT molecular complexity index is 634. The summed E-state index contributed by atoms with van der Waals surface area (Å²) in [7, 11) is 0. The summed E-state index contributed by atoms with van der Waals surface area (Å²) < 4.78 is 0. The summed E-state index contributed by atoms with van der Waals surface area (Å²) >= 11 is 1.52. The number of benzene rings is 1. The lowest BCUT2D eigenvalue weighted by molar-refractivity contribution is 0.102. The number of hydrogen-bond acceptors (Lipinski definition) is 4. The number of nitrogens with one attached hydrogen (secondary N) is 2. The molecule has 0 aliphatic rings. The number of carbonyl (C=O) groups is 1. The second-order valence-electron chi connectivity index (χ2n) is 5.17. The van der Waals surface area contributed by atoms with Gasteiger partial charge in [-0.05, 0) is 39.3 Å². The van der Waals surface area contributed by atoms with Crippen LogP contribution in [0.25, 0.3) is 0 Å². The monoisotopic (exact) mass is 303 g/mol. The van der Waals surface area contributed by atoms with Gasteiger partial charge in [-0.2, -0.15) is 0 Å². The highest BCUT2D eigenvalue weighted by Crippen LogP contribution is 2.24. The highest BCUT2D eigenvalue weighted by atomic mass is 32.1. The summed E-state index contributed by atoms with van der Waals surface area (Å²) in [5.41, 5.74) is 2.52. The molecular formula is C16H21N3OS. The molecule has 2 rings (SSSR count). The number of aryl methyl sites for hydroxylation is 2. The summed E-state index contributed by atoms with van der Waals surface area (Å²) in [4.78, 5) is 18.0. The van der Waals surface area contributed by atoms with E-state index in [9.17, 15) is 4.79 Å². The molecule has 0 saturated carbocycles. The highest BCUT2D eigenvalue weighted by Gasteiger charge is 2.14. The van der Waals surface area contributed by atoms with Crippen molar-refractivity contribution in [3.63, 3.8) is 0 Å². The molecule has 0 fully saturated rings. The minimum Gasteiger partial charge on any atom is -0.382 e. The van der Waals surface area contributed by atoms with Crippen LogP contribution < -0.4 is 10.6 Å². The Morgan fingerprint density at radius 3 is 2.67 bits per heavy atom. The van der Waals surface area contributed by atoms with Crippen LogP contribution in [0.5, 0.6) is 0 Å². The third-order valence-electron chi connectivity index (χ3n) is 3.06. The zero-order valence-electron chi connectivity index (χ0n) is 12.9. The number of rotatable bonds is 5. The highest BCUT2D eigenvalue weighted by molar-refractivity contribution is 7.15. The molecule has 2 aromatic rings. The Kier molecular flexibility index (Phi) is 4.96. The Balaban J connectivity index is 2.20. The van der Waals surface area contributed by atoms with E-state index in [1.54, 1.807) is 0 Å². The van der Waals surface area contributed by atoms with E-state index >= 15 is 0 Å². The summed E-state index contributed by atoms with van der Waals surface area (Å²) in [6, 6.07) is 7.79. The molecule has 0 saturated heterocycles. The van der Waals surface area contributed by atoms with Gasteiger partial charge in [-0.15, -0.1) is 11.3 Å². The van der Waals surface area contributed by atoms with Crippen LogP contribution in [0.3, 0.4) is 0 Å². The van der Waals surface area contributed by atoms with E-state index in [-0.39, 0.29) is 11.9 Å². The molecule has 0 atom stereocenters. The molecule has 0 aliphatic carbocycles. The summed E-state index contributed by atoms with van der Waals surface area (Å²) in [5.74, 6) is -0.129. The van der Waals surface area contributed by atoms with E-state index in [2.05, 4.69) is 22.5 Å². The van der Waals surface area contributed by atoms with Gasteiger partial charge in [-0.25, -0.2) is 4.98 Å². The molecule has 0 bridgehead atoms. The zero-order valence-corrected chi connectivity index (χ0v) is 13.7. The Labute approximate surface area is 129 Å². The molecule has 1 aromatic heterocycles. The van der Waals surface area contributed by atoms with Crippen molar-refractivity contribution in [1.29, 1.82) is 0 Å². The first-order valence-corrected chi connectivity index (χ1v) is 7.96. The van der Waals surface area contributed by atoms with E-state index in [0.29, 0.717) is 10.7 Å². The van der Waals surface area contributed by atoms with Crippen LogP contribution in [-0.2, 0) is 6.42 Å². The van der Waals surface area contributed by atoms with Gasteiger partial charge >= 0.3 is 0 Å². The van der Waals surface area contributed by atoms with E-state index in [4.69, 9.17) is 0 Å². The first-order chi connectivity index (χ1) is 10.0. The van der Waals surface area contributed by atoms with Gasteiger partial charge < -0.3 is 5.32 Å². The molecule has 0 aliphatic heterocycles. The average Bonchev–Trinajstić information content (AvgIpc) is 2.78. The van der Waals surface area contributed by atoms with Gasteiger partial charge in [0.1, 0.15) is 0 Å². The van der Waals surface area contributed by atoms with Crippen molar-refractivity contribution >= 4 is 28.1 Å². The van der Waals surface area contributed by atoms with Crippen molar-refractivity contribution < 1.29 is 4.79 Å². The fourth-order valence-electron chi connectivity index (χ4n) is 2.09. The predicted molar refractivity (Wildman–Crippen MR) is 89.4 cm³/mol. The van der Waals surface area contributed by atoms with Gasteiger partial charge in [0.05, 0.1) is 11.3 Å². The number of amides is 1. The molecule has 112 valence electrons. The van der Waals surface area contributed by atoms with Gasteiger partial charge in [0.2, 0.25) is 0 Å². The lowest BCUT2D eigenvalue weighted by Gasteiger charge is -2.13. The average molecular weight is 303 g/mol. The van der Waals surface area contributed by atoms with E-state index in [0.717, 1.165) is 22.7 Å². The van der Waals surface area contributed by atoms with Crippen molar-refractivity contribution in [2.75, 3.05) is 10.6 Å². The van der Waals surface area contributed by atoms with Gasteiger partial charge in [-0.3, -0.25) is 10.1 Å². The first kappa shape index (κ1) is 15.5. The quantitative estimate of drug-likeness (QED) is 0.875. The second kappa shape index (κ2) is 6.72. The maximum atomic E-state index is 12.4. The van der Waals surface area contributed by atoms with Crippen LogP contribution >= 0.6 is 11.3 Å². The van der Waals surface area contributed by atoms with E-state index in [1.807, 2.05) is 45.0 Å². The van der Waals surface area contributed by atoms with Crippen molar-refractivity contribution in [2.45, 2.75) is 40.2 Å². The number of hydrogen-bond donors (Lipinski definition) is 2. The van der Waals surface area contributed by atoms with E-state index < -0.39 is 0 Å². The second-order valence-corrected chi connectivity index (χ2v) is 6.38. The Hall–Kier alpha value is -1.88. The fourth-order valence-corrected chi connectivity index (χ4v) is 2.99. The molecule has 0 spiro atoms. The van der Waals surface area contributed by atoms with Crippen LogP contribution in [0.1, 0.15) is 41.7 Å². The molecule has 4 nitrogen and oxygen atoms in total. The summed E-state index contributed by atoms with van der Waals surface area (Å²) in [6.45, 7) is 8.19. The molecule has 0 radical (unpaired) electrons. The molecule has 5 heteroatoms. The number of thiazole rings is 1. The van der Waals surface area contributed by atoms with Crippen molar-refractivity contribution in [3.8, 4) is 0 Å². The van der Waals surface area contributed by atoms with Crippen molar-refractivity contribution in [2.24, 2.45) is 0 Å². The normalized spacial score (nSPS) is 10.7. The van der Waals surface area contributed by atoms with Crippen LogP contribution in [0, 0.1) is 6.92 Å². The SMILES string of the molecule is CCc1nc(NC(=O)c2ccccc2NC(C)C)sc1C. The molecule has 0 unspecified atom stereocenters. The molecule has 2 N–H and O–H groups in total. The molecule has 1 heterocycles. The Morgan fingerprint density at radius 1 is 1.33 bits per heavy atom. The lowest BCUT2D eigenvalue weighted by atomic mass is 10.1. The Morgan fingerprint density at radius 2 is 2.05 bits per heavy atom. The molecule has 21 heavy (non-hydrogen) atoms. The number of anilines is 2. The lowest BCUT2D eigenvalue weighted by Crippen LogP contribution is -2.17. The minimum atomic E-state index is -0.129. The van der Waals surface area contributed by atoms with Gasteiger partial charge in [0.15, 0.2) is 5.13 Å². The van der Waals surface area contributed by atoms with Gasteiger partial charge in [-0.1, -0.05) is 19.1 Å². The fraction of sp³-hybridized carbons (Fsp3) is 0.375. The van der Waals surface area contributed by atoms with Crippen molar-refractivity contribution in [1.82, 2.24) is 4.98 Å². The molecule has 1 aromatic carbocycles. The summed E-state index contributed by atoms with van der Waals surface area (Å²) in [6.07, 6.45) is 0.879. The first-order valence-electron chi connectivity index (χ1n) is 7.14. The van der Waals surface area contributed by atoms with Crippen LogP contribution in [0.2, 0.25) is 0 Å². The van der Waals surface area contributed by atoms with Crippen LogP contribution in [-0.4, -0.2) is 16.9 Å². The van der Waals surface area contributed by atoms with Gasteiger partial charge in [0, 0.05) is 16.6 Å². The zero-order chi connectivity index (χ0) is 15.4. The third kappa shape index (κ3) is 3.82. The number of carbonyl (C=O) groups excluding carboxylic acids is 1. The van der Waals surface area contributed by atoms with Crippen molar-refractivity contribution in [3.05, 3.63) is 40.4 Å². The largest absolute Gasteiger partial charge is 0.382 e. The summed E-state index contributed by atoms with van der Waals surface area (Å²) in [5, 5.41) is 6.85. The topological polar surface area (TPSA) is 54.0 Å². The smallest absolute Gasteiger partial charge is 0.259 e. The number of nitrogens with zero attached hydrogens (tertiary/aromatic N) is 1. The molecule has 1 amide bonds. The number of para-hydroxylation sites is 1. The van der Waals surface area contributed by atoms with Gasteiger partial charge in [0.25, 0.3) is 5.91 Å². The van der Waals surface area contributed by atoms with Crippen LogP contribution in [0.15, 0.2) is 24.3 Å². The van der Waals surface area contributed by atoms with E-state index in [1.165, 1.54) is 11.3 Å². The molecular weight excluding hydrogens is 282 g/mol. The predicted octanol–water partition coefficient (Wildman–Crippen LogP) is 4.09. The number of aromatic nitrogens is 1. The standard InChI is InChI=1S/C16H21N3OS/c1-5-13-11(4)21-16(18-13)19-15(20)12-8-6-7-9-14(12)17-10(2)3/h6-10,17H,5H2,1-4H3,(H,18,19,20). The maximum absolute atomic E-state index is 12.4. The third-order valence-corrected chi connectivity index (χ3v) is 3.99. The maximum Gasteiger partial charge on any atom is 0.259 e.